The molecule has 1 radical (unpaired) electrons. The van der Waals surface area contributed by atoms with Crippen molar-refractivity contribution in [2.75, 3.05) is 19.8 Å². The molecule has 0 aliphatic rings. The molecule has 3 heteroatoms. The summed E-state index contributed by atoms with van der Waals surface area (Å²) in [5.74, 6) is 0. The smallest absolute Gasteiger partial charge is 0.223 e. The summed E-state index contributed by atoms with van der Waals surface area (Å²) in [6.07, 6.45) is 2.47. The SMILES string of the molecule is CCO[C](CCCN)OCC. The van der Waals surface area contributed by atoms with Gasteiger partial charge in [-0.05, 0) is 26.8 Å². The van der Waals surface area contributed by atoms with Crippen LogP contribution in [0.2, 0.25) is 0 Å². The zero-order chi connectivity index (χ0) is 8.53. The molecule has 0 atom stereocenters. The van der Waals surface area contributed by atoms with Gasteiger partial charge in [0.1, 0.15) is 0 Å². The Labute approximate surface area is 68.9 Å². The van der Waals surface area contributed by atoms with Crippen molar-refractivity contribution < 1.29 is 9.47 Å². The lowest BCUT2D eigenvalue weighted by Gasteiger charge is -2.13. The molecule has 0 unspecified atom stereocenters. The second kappa shape index (κ2) is 7.98. The molecule has 0 heterocycles. The summed E-state index contributed by atoms with van der Waals surface area (Å²) >= 11 is 0. The van der Waals surface area contributed by atoms with E-state index in [0.717, 1.165) is 19.1 Å². The first kappa shape index (κ1) is 10.9. The zero-order valence-electron chi connectivity index (χ0n) is 7.43. The van der Waals surface area contributed by atoms with Crippen molar-refractivity contribution in [3.05, 3.63) is 6.29 Å². The third-order valence-electron chi connectivity index (χ3n) is 1.20. The van der Waals surface area contributed by atoms with Crippen molar-refractivity contribution in [1.29, 1.82) is 0 Å². The molecule has 3 nitrogen and oxygen atoms in total. The Kier molecular flexibility index (Phi) is 7.89. The van der Waals surface area contributed by atoms with Crippen molar-refractivity contribution >= 4 is 0 Å². The first-order valence-electron chi connectivity index (χ1n) is 4.16. The van der Waals surface area contributed by atoms with Gasteiger partial charge in [-0.2, -0.15) is 0 Å². The van der Waals surface area contributed by atoms with Crippen LogP contribution in [0.5, 0.6) is 0 Å². The van der Waals surface area contributed by atoms with Crippen LogP contribution in [0.1, 0.15) is 26.7 Å². The van der Waals surface area contributed by atoms with E-state index in [2.05, 4.69) is 0 Å². The van der Waals surface area contributed by atoms with E-state index in [1.165, 1.54) is 0 Å². The van der Waals surface area contributed by atoms with E-state index in [-0.39, 0.29) is 0 Å². The Balaban J connectivity index is 3.34. The molecule has 0 spiro atoms. The quantitative estimate of drug-likeness (QED) is 0.610. The minimum atomic E-state index is 0.667. The predicted octanol–water partition coefficient (Wildman–Crippen LogP) is 1.29. The third-order valence-corrected chi connectivity index (χ3v) is 1.20. The molecular weight excluding hydrogens is 142 g/mol. The Hall–Kier alpha value is -0.120. The highest BCUT2D eigenvalue weighted by Crippen LogP contribution is 2.11. The molecule has 0 aromatic rings. The van der Waals surface area contributed by atoms with E-state index in [1.54, 1.807) is 0 Å². The van der Waals surface area contributed by atoms with Crippen LogP contribution >= 0.6 is 0 Å². The van der Waals surface area contributed by atoms with Crippen LogP contribution in [-0.4, -0.2) is 19.8 Å². The maximum atomic E-state index is 5.34. The van der Waals surface area contributed by atoms with Gasteiger partial charge < -0.3 is 15.2 Å². The first-order valence-corrected chi connectivity index (χ1v) is 4.16. The fraction of sp³-hybridized carbons (Fsp3) is 0.875. The minimum absolute atomic E-state index is 0.667. The number of hydrogen-bond acceptors (Lipinski definition) is 3. The zero-order valence-corrected chi connectivity index (χ0v) is 7.43. The van der Waals surface area contributed by atoms with E-state index in [1.807, 2.05) is 13.8 Å². The van der Waals surface area contributed by atoms with Gasteiger partial charge >= 0.3 is 0 Å². The highest BCUT2D eigenvalue weighted by molar-refractivity contribution is 4.64. The summed E-state index contributed by atoms with van der Waals surface area (Å²) in [6.45, 7) is 5.91. The van der Waals surface area contributed by atoms with Crippen molar-refractivity contribution in [3.63, 3.8) is 0 Å². The molecule has 11 heavy (non-hydrogen) atoms. The van der Waals surface area contributed by atoms with Gasteiger partial charge in [0, 0.05) is 19.6 Å². The number of ether oxygens (including phenoxy) is 2. The Morgan fingerprint density at radius 2 is 1.73 bits per heavy atom. The van der Waals surface area contributed by atoms with E-state index in [9.17, 15) is 0 Å². The second-order valence-electron chi connectivity index (χ2n) is 2.13. The van der Waals surface area contributed by atoms with Gasteiger partial charge in [-0.15, -0.1) is 0 Å². The first-order chi connectivity index (χ1) is 5.35. The van der Waals surface area contributed by atoms with Gasteiger partial charge in [0.05, 0.1) is 0 Å². The molecule has 0 bridgehead atoms. The molecule has 0 amide bonds. The van der Waals surface area contributed by atoms with E-state index in [4.69, 9.17) is 15.2 Å². The third kappa shape index (κ3) is 6.28. The van der Waals surface area contributed by atoms with Crippen LogP contribution in [0.4, 0.5) is 0 Å². The second-order valence-corrected chi connectivity index (χ2v) is 2.13. The van der Waals surface area contributed by atoms with Gasteiger partial charge in [0.25, 0.3) is 0 Å². The monoisotopic (exact) mass is 160 g/mol. The van der Waals surface area contributed by atoms with Crippen molar-refractivity contribution in [2.24, 2.45) is 5.73 Å². The topological polar surface area (TPSA) is 44.5 Å². The largest absolute Gasteiger partial charge is 0.346 e. The average Bonchev–Trinajstić information content (AvgIpc) is 2.01. The van der Waals surface area contributed by atoms with Crippen LogP contribution in [0.3, 0.4) is 0 Å². The molecule has 0 aliphatic carbocycles. The molecule has 0 fully saturated rings. The molecule has 0 rings (SSSR count). The Morgan fingerprint density at radius 3 is 2.09 bits per heavy atom. The molecule has 0 aliphatic heterocycles. The normalized spacial score (nSPS) is 10.9. The summed E-state index contributed by atoms with van der Waals surface area (Å²) in [6, 6.07) is 0. The number of nitrogens with two attached hydrogens (primary N) is 1. The van der Waals surface area contributed by atoms with E-state index >= 15 is 0 Å². The molecule has 2 N–H and O–H groups in total. The van der Waals surface area contributed by atoms with Crippen molar-refractivity contribution in [1.82, 2.24) is 0 Å². The Morgan fingerprint density at radius 1 is 1.18 bits per heavy atom. The number of hydrogen-bond donors (Lipinski definition) is 1. The summed E-state index contributed by atoms with van der Waals surface area (Å²) in [7, 11) is 0. The lowest BCUT2D eigenvalue weighted by Crippen LogP contribution is -2.10. The van der Waals surface area contributed by atoms with E-state index in [0.29, 0.717) is 19.8 Å². The van der Waals surface area contributed by atoms with E-state index < -0.39 is 0 Å². The predicted molar refractivity (Wildman–Crippen MR) is 44.8 cm³/mol. The molecule has 67 valence electrons. The van der Waals surface area contributed by atoms with Crippen molar-refractivity contribution in [2.45, 2.75) is 26.7 Å². The summed E-state index contributed by atoms with van der Waals surface area (Å²) < 4.78 is 10.4. The molecule has 0 aromatic carbocycles. The van der Waals surface area contributed by atoms with Crippen LogP contribution in [0, 0.1) is 6.29 Å². The average molecular weight is 160 g/mol. The Bertz CT molecular complexity index is 72.5. The lowest BCUT2D eigenvalue weighted by molar-refractivity contribution is -0.0428. The number of rotatable bonds is 7. The minimum Gasteiger partial charge on any atom is -0.346 e. The molecular formula is C8H18NO2. The van der Waals surface area contributed by atoms with Gasteiger partial charge in [-0.1, -0.05) is 0 Å². The van der Waals surface area contributed by atoms with Crippen LogP contribution < -0.4 is 5.73 Å². The molecule has 0 saturated heterocycles. The lowest BCUT2D eigenvalue weighted by atomic mass is 10.3. The fourth-order valence-corrected chi connectivity index (χ4v) is 0.754. The molecule has 0 saturated carbocycles. The summed E-state index contributed by atoms with van der Waals surface area (Å²) in [5.41, 5.74) is 5.34. The van der Waals surface area contributed by atoms with Crippen LogP contribution in [0.25, 0.3) is 0 Å². The fourth-order valence-electron chi connectivity index (χ4n) is 0.754. The maximum Gasteiger partial charge on any atom is 0.223 e. The van der Waals surface area contributed by atoms with Gasteiger partial charge in [-0.3, -0.25) is 0 Å². The van der Waals surface area contributed by atoms with Gasteiger partial charge in [-0.25, -0.2) is 0 Å². The highest BCUT2D eigenvalue weighted by Gasteiger charge is 2.07. The van der Waals surface area contributed by atoms with Gasteiger partial charge in [0.2, 0.25) is 6.29 Å². The molecule has 0 aromatic heterocycles. The van der Waals surface area contributed by atoms with Crippen LogP contribution in [-0.2, 0) is 9.47 Å². The van der Waals surface area contributed by atoms with Crippen molar-refractivity contribution in [3.8, 4) is 0 Å². The highest BCUT2D eigenvalue weighted by atomic mass is 16.7. The summed E-state index contributed by atoms with van der Waals surface area (Å²) in [5, 5.41) is 0. The maximum absolute atomic E-state index is 5.34. The van der Waals surface area contributed by atoms with Crippen LogP contribution in [0.15, 0.2) is 0 Å². The summed E-state index contributed by atoms with van der Waals surface area (Å²) in [4.78, 5) is 0. The van der Waals surface area contributed by atoms with Gasteiger partial charge in [0.15, 0.2) is 0 Å². The standard InChI is InChI=1S/C8H18NO2/c1-3-10-8(11-4-2)6-5-7-9/h3-7,9H2,1-2H3.